The van der Waals surface area contributed by atoms with Crippen LogP contribution >= 0.6 is 0 Å². The van der Waals surface area contributed by atoms with Crippen molar-refractivity contribution in [2.24, 2.45) is 0 Å². The number of para-hydroxylation sites is 1. The van der Waals surface area contributed by atoms with Gasteiger partial charge in [0.25, 0.3) is 5.91 Å². The van der Waals surface area contributed by atoms with Crippen LogP contribution in [0.15, 0.2) is 48.5 Å². The van der Waals surface area contributed by atoms with E-state index < -0.39 is 29.6 Å². The lowest BCUT2D eigenvalue weighted by Crippen LogP contribution is -2.30. The molecule has 0 aliphatic carbocycles. The van der Waals surface area contributed by atoms with Crippen molar-refractivity contribution < 1.29 is 27.1 Å². The number of rotatable bonds is 4. The van der Waals surface area contributed by atoms with E-state index in [9.17, 15) is 22.4 Å². The van der Waals surface area contributed by atoms with Crippen molar-refractivity contribution in [3.63, 3.8) is 0 Å². The van der Waals surface area contributed by atoms with Gasteiger partial charge in [-0.2, -0.15) is 13.2 Å². The van der Waals surface area contributed by atoms with Crippen molar-refractivity contribution in [1.82, 2.24) is 0 Å². The number of nitrogens with one attached hydrogen (secondary N) is 1. The third kappa shape index (κ3) is 4.45. The number of carbonyl (C=O) groups is 1. The summed E-state index contributed by atoms with van der Waals surface area (Å²) >= 11 is 0. The summed E-state index contributed by atoms with van der Waals surface area (Å²) in [4.78, 5) is 11.9. The summed E-state index contributed by atoms with van der Waals surface area (Å²) in [7, 11) is 0. The quantitative estimate of drug-likeness (QED) is 0.853. The molecule has 23 heavy (non-hydrogen) atoms. The molecule has 0 fully saturated rings. The first-order valence-electron chi connectivity index (χ1n) is 6.66. The summed E-state index contributed by atoms with van der Waals surface area (Å²) in [5.74, 6) is -1.29. The van der Waals surface area contributed by atoms with E-state index in [1.807, 2.05) is 0 Å². The Bertz CT molecular complexity index is 683. The maximum atomic E-state index is 13.4. The monoisotopic (exact) mass is 327 g/mol. The normalized spacial score (nSPS) is 12.6. The zero-order valence-corrected chi connectivity index (χ0v) is 12.0. The van der Waals surface area contributed by atoms with E-state index >= 15 is 0 Å². The van der Waals surface area contributed by atoms with Crippen LogP contribution < -0.4 is 10.1 Å². The highest BCUT2D eigenvalue weighted by Gasteiger charge is 2.30. The van der Waals surface area contributed by atoms with Crippen LogP contribution in [-0.2, 0) is 11.0 Å². The number of halogens is 4. The van der Waals surface area contributed by atoms with E-state index in [2.05, 4.69) is 5.32 Å². The first-order valence-corrected chi connectivity index (χ1v) is 6.66. The number of amides is 1. The topological polar surface area (TPSA) is 38.3 Å². The Morgan fingerprint density at radius 1 is 1.09 bits per heavy atom. The van der Waals surface area contributed by atoms with Crippen molar-refractivity contribution in [3.05, 3.63) is 59.9 Å². The van der Waals surface area contributed by atoms with E-state index in [1.54, 1.807) is 6.07 Å². The highest BCUT2D eigenvalue weighted by Crippen LogP contribution is 2.29. The van der Waals surface area contributed by atoms with Gasteiger partial charge in [-0.15, -0.1) is 0 Å². The largest absolute Gasteiger partial charge is 0.478 e. The van der Waals surface area contributed by atoms with E-state index in [0.29, 0.717) is 0 Å². The fraction of sp³-hybridized carbons (Fsp3) is 0.188. The van der Waals surface area contributed by atoms with E-state index in [4.69, 9.17) is 4.74 Å². The molecule has 0 aliphatic heterocycles. The first kappa shape index (κ1) is 16.8. The van der Waals surface area contributed by atoms with Crippen LogP contribution in [0.1, 0.15) is 12.5 Å². The molecule has 122 valence electrons. The standard InChI is InChI=1S/C16H13F4NO2/c1-10(23-14-5-3-2-4-13(14)17)15(22)21-12-8-6-11(7-9-12)16(18,19)20/h2-10H,1H3,(H,21,22)/t10-/m1/s1. The molecule has 7 heteroatoms. The Balaban J connectivity index is 2.00. The maximum absolute atomic E-state index is 13.4. The predicted octanol–water partition coefficient (Wildman–Crippen LogP) is 4.25. The molecular formula is C16H13F4NO2. The number of benzene rings is 2. The average molecular weight is 327 g/mol. The number of alkyl halides is 3. The Hall–Kier alpha value is -2.57. The molecule has 1 N–H and O–H groups in total. The van der Waals surface area contributed by atoms with Gasteiger partial charge in [0.15, 0.2) is 17.7 Å². The highest BCUT2D eigenvalue weighted by atomic mass is 19.4. The van der Waals surface area contributed by atoms with Gasteiger partial charge in [-0.1, -0.05) is 12.1 Å². The molecule has 0 bridgehead atoms. The Morgan fingerprint density at radius 3 is 2.26 bits per heavy atom. The van der Waals surface area contributed by atoms with E-state index in [1.165, 1.54) is 25.1 Å². The van der Waals surface area contributed by atoms with Crippen molar-refractivity contribution in [1.29, 1.82) is 0 Å². The summed E-state index contributed by atoms with van der Waals surface area (Å²) in [6.07, 6.45) is -5.46. The molecule has 2 aromatic rings. The number of ether oxygens (including phenoxy) is 1. The Morgan fingerprint density at radius 2 is 1.70 bits per heavy atom. The van der Waals surface area contributed by atoms with Gasteiger partial charge in [0.2, 0.25) is 0 Å². The first-order chi connectivity index (χ1) is 10.8. The summed E-state index contributed by atoms with van der Waals surface area (Å²) in [5, 5.41) is 2.41. The molecule has 0 unspecified atom stereocenters. The zero-order valence-electron chi connectivity index (χ0n) is 12.0. The second-order valence-corrected chi connectivity index (χ2v) is 4.75. The number of anilines is 1. The second kappa shape index (κ2) is 6.68. The Labute approximate surface area is 129 Å². The molecule has 1 atom stereocenters. The van der Waals surface area contributed by atoms with Crippen LogP contribution in [0.2, 0.25) is 0 Å². The lowest BCUT2D eigenvalue weighted by atomic mass is 10.2. The highest BCUT2D eigenvalue weighted by molar-refractivity contribution is 5.94. The van der Waals surface area contributed by atoms with Gasteiger partial charge in [-0.05, 0) is 43.3 Å². The van der Waals surface area contributed by atoms with Gasteiger partial charge >= 0.3 is 6.18 Å². The predicted molar refractivity (Wildman–Crippen MR) is 76.6 cm³/mol. The van der Waals surface area contributed by atoms with Gasteiger partial charge in [0.1, 0.15) is 0 Å². The molecular weight excluding hydrogens is 314 g/mol. The summed E-state index contributed by atoms with van der Waals surface area (Å²) < 4.78 is 56.0. The van der Waals surface area contributed by atoms with Crippen LogP contribution in [0.4, 0.5) is 23.2 Å². The minimum Gasteiger partial charge on any atom is -0.478 e. The van der Waals surface area contributed by atoms with Crippen molar-refractivity contribution in [3.8, 4) is 5.75 Å². The second-order valence-electron chi connectivity index (χ2n) is 4.75. The van der Waals surface area contributed by atoms with Gasteiger partial charge < -0.3 is 10.1 Å². The van der Waals surface area contributed by atoms with Gasteiger partial charge in [-0.3, -0.25) is 4.79 Å². The fourth-order valence-electron chi connectivity index (χ4n) is 1.77. The molecule has 1 amide bonds. The molecule has 0 aromatic heterocycles. The van der Waals surface area contributed by atoms with Crippen molar-refractivity contribution in [2.45, 2.75) is 19.2 Å². The average Bonchev–Trinajstić information content (AvgIpc) is 2.49. The minimum absolute atomic E-state index is 0.0810. The number of carbonyl (C=O) groups excluding carboxylic acids is 1. The third-order valence-electron chi connectivity index (χ3n) is 2.99. The summed E-state index contributed by atoms with van der Waals surface area (Å²) in [6.45, 7) is 1.41. The zero-order chi connectivity index (χ0) is 17.0. The van der Waals surface area contributed by atoms with Crippen LogP contribution in [0.25, 0.3) is 0 Å². The smallest absolute Gasteiger partial charge is 0.416 e. The SMILES string of the molecule is C[C@@H](Oc1ccccc1F)C(=O)Nc1ccc(C(F)(F)F)cc1. The van der Waals surface area contributed by atoms with E-state index in [-0.39, 0.29) is 11.4 Å². The van der Waals surface area contributed by atoms with Crippen molar-refractivity contribution >= 4 is 11.6 Å². The number of hydrogen-bond donors (Lipinski definition) is 1. The van der Waals surface area contributed by atoms with Crippen LogP contribution in [0.5, 0.6) is 5.75 Å². The van der Waals surface area contributed by atoms with Crippen LogP contribution in [0.3, 0.4) is 0 Å². The van der Waals surface area contributed by atoms with Crippen molar-refractivity contribution in [2.75, 3.05) is 5.32 Å². The molecule has 0 saturated heterocycles. The molecule has 2 rings (SSSR count). The molecule has 2 aromatic carbocycles. The van der Waals surface area contributed by atoms with Gasteiger partial charge in [0, 0.05) is 5.69 Å². The summed E-state index contributed by atoms with van der Waals surface area (Å²) in [5.41, 5.74) is -0.627. The lowest BCUT2D eigenvalue weighted by Gasteiger charge is -2.15. The minimum atomic E-state index is -4.44. The fourth-order valence-corrected chi connectivity index (χ4v) is 1.77. The molecule has 0 heterocycles. The lowest BCUT2D eigenvalue weighted by molar-refractivity contribution is -0.137. The number of hydrogen-bond acceptors (Lipinski definition) is 2. The maximum Gasteiger partial charge on any atom is 0.416 e. The molecule has 0 aliphatic rings. The molecule has 0 radical (unpaired) electrons. The molecule has 3 nitrogen and oxygen atoms in total. The van der Waals surface area contributed by atoms with Gasteiger partial charge in [-0.25, -0.2) is 4.39 Å². The van der Waals surface area contributed by atoms with Crippen LogP contribution in [-0.4, -0.2) is 12.0 Å². The molecule has 0 spiro atoms. The van der Waals surface area contributed by atoms with E-state index in [0.717, 1.165) is 24.3 Å². The Kier molecular flexibility index (Phi) is 4.88. The van der Waals surface area contributed by atoms with Gasteiger partial charge in [0.05, 0.1) is 5.56 Å². The third-order valence-corrected chi connectivity index (χ3v) is 2.99. The molecule has 0 saturated carbocycles. The summed E-state index contributed by atoms with van der Waals surface area (Å²) in [6, 6.07) is 9.59. The van der Waals surface area contributed by atoms with Crippen LogP contribution in [0, 0.1) is 5.82 Å².